The fraction of sp³-hybridized carbons (Fsp3) is 0.455. The smallest absolute Gasteiger partial charge is 0.283 e. The molecule has 3 aliphatic heterocycles. The van der Waals surface area contributed by atoms with Gasteiger partial charge in [-0.05, 0) is 74.2 Å². The van der Waals surface area contributed by atoms with Crippen LogP contribution in [0.2, 0.25) is 5.02 Å². The van der Waals surface area contributed by atoms with Crippen LogP contribution in [-0.2, 0) is 4.79 Å². The highest BCUT2D eigenvalue weighted by Gasteiger charge is 2.49. The average molecular weight is 605 g/mol. The topological polar surface area (TPSA) is 78.1 Å². The van der Waals surface area contributed by atoms with Crippen molar-refractivity contribution in [1.29, 1.82) is 5.41 Å². The number of rotatable bonds is 6. The van der Waals surface area contributed by atoms with E-state index in [2.05, 4.69) is 28.3 Å². The lowest BCUT2D eigenvalue weighted by atomic mass is 9.95. The van der Waals surface area contributed by atoms with Crippen molar-refractivity contribution in [3.8, 4) is 5.75 Å². The summed E-state index contributed by atoms with van der Waals surface area (Å²) in [5.74, 6) is 0.523. The quantitative estimate of drug-likeness (QED) is 0.269. The number of nitrogens with zero attached hydrogens (tertiary/aromatic N) is 4. The Bertz CT molecular complexity index is 1450. The summed E-state index contributed by atoms with van der Waals surface area (Å²) in [6.45, 7) is 3.26. The number of ether oxygens (including phenoxy) is 1. The van der Waals surface area contributed by atoms with Gasteiger partial charge in [0, 0.05) is 23.9 Å². The number of carbonyl (C=O) groups excluding carboxylic acids is 1. The summed E-state index contributed by atoms with van der Waals surface area (Å²) in [4.78, 5) is 17.8. The highest BCUT2D eigenvalue weighted by atomic mass is 35.5. The molecule has 0 radical (unpaired) electrons. The lowest BCUT2D eigenvalue weighted by molar-refractivity contribution is -0.114. The van der Waals surface area contributed by atoms with E-state index >= 15 is 0 Å². The summed E-state index contributed by atoms with van der Waals surface area (Å²) >= 11 is 7.87. The zero-order chi connectivity index (χ0) is 29.1. The van der Waals surface area contributed by atoms with Crippen LogP contribution < -0.4 is 9.22 Å². The number of likely N-dealkylation sites (tertiary alicyclic amines) is 1. The Hall–Kier alpha value is -2.94. The van der Waals surface area contributed by atoms with Crippen LogP contribution in [0.3, 0.4) is 0 Å². The maximum absolute atomic E-state index is 13.4. The Labute approximate surface area is 257 Å². The number of hydrogen-bond acceptors (Lipinski definition) is 5. The van der Waals surface area contributed by atoms with Crippen LogP contribution in [0.15, 0.2) is 70.3 Å². The average Bonchev–Trinajstić information content (AvgIpc) is 3.62. The maximum Gasteiger partial charge on any atom is 0.283 e. The number of fused-ring (bicyclic) bond motifs is 1. The van der Waals surface area contributed by atoms with Gasteiger partial charge < -0.3 is 4.74 Å². The van der Waals surface area contributed by atoms with Gasteiger partial charge in [-0.2, -0.15) is 15.1 Å². The fourth-order valence-corrected chi connectivity index (χ4v) is 8.11. The van der Waals surface area contributed by atoms with Crippen LogP contribution in [0.5, 0.6) is 5.75 Å². The lowest BCUT2D eigenvalue weighted by Crippen LogP contribution is -2.59. The van der Waals surface area contributed by atoms with Gasteiger partial charge in [-0.3, -0.25) is 14.7 Å². The van der Waals surface area contributed by atoms with E-state index in [0.29, 0.717) is 21.8 Å². The van der Waals surface area contributed by atoms with Crippen LogP contribution in [0.25, 0.3) is 0 Å². The second kappa shape index (κ2) is 12.7. The summed E-state index contributed by atoms with van der Waals surface area (Å²) < 4.78 is 6.79. The molecule has 2 unspecified atom stereocenters. The minimum atomic E-state index is -0.361. The van der Waals surface area contributed by atoms with Crippen LogP contribution in [0, 0.1) is 12.3 Å². The normalized spacial score (nSPS) is 26.4. The first kappa shape index (κ1) is 29.1. The van der Waals surface area contributed by atoms with Crippen molar-refractivity contribution in [3.63, 3.8) is 0 Å². The van der Waals surface area contributed by atoms with Crippen molar-refractivity contribution in [3.05, 3.63) is 70.8 Å². The van der Waals surface area contributed by atoms with E-state index in [1.54, 1.807) is 0 Å². The van der Waals surface area contributed by atoms with Crippen molar-refractivity contribution in [1.82, 2.24) is 9.49 Å². The van der Waals surface area contributed by atoms with Crippen LogP contribution >= 0.6 is 23.4 Å². The number of aliphatic imine (C=N–C) groups is 1. The summed E-state index contributed by atoms with van der Waals surface area (Å²) in [5, 5.41) is 17.0. The number of nitrogens with one attached hydrogen (secondary N) is 1. The largest absolute Gasteiger partial charge is 0.486 e. The van der Waals surface area contributed by atoms with E-state index in [4.69, 9.17) is 21.7 Å². The van der Waals surface area contributed by atoms with Gasteiger partial charge in [-0.1, -0.05) is 61.5 Å². The molecule has 1 saturated heterocycles. The van der Waals surface area contributed by atoms with Crippen molar-refractivity contribution in [2.75, 3.05) is 13.2 Å². The molecule has 0 bridgehead atoms. The Kier molecular flexibility index (Phi) is 8.84. The van der Waals surface area contributed by atoms with Gasteiger partial charge in [0.05, 0.1) is 18.2 Å². The standard InChI is InChI=1S/C33H39ClN5O2S/c1-23-12-8-9-18-29(23)41-22-30-37-38-31(35)28(32(40)36-33(38)42-30)21-27-17-11-19-39(27,26-16-10-13-24(34)20-26)25-14-6-4-2-3-5-7-15-25/h8-10,12-13,16,18,20-21,25,27,35H,2-7,11,14-15,17,19,22H2,1H3/q+1. The number of aryl methyl sites for hydroxylation is 1. The van der Waals surface area contributed by atoms with E-state index in [1.165, 1.54) is 61.0 Å². The Morgan fingerprint density at radius 3 is 2.57 bits per heavy atom. The Balaban J connectivity index is 1.30. The van der Waals surface area contributed by atoms with Crippen molar-refractivity contribution < 1.29 is 9.53 Å². The highest BCUT2D eigenvalue weighted by Crippen LogP contribution is 2.43. The molecule has 7 nitrogen and oxygen atoms in total. The molecule has 42 heavy (non-hydrogen) atoms. The molecule has 4 aliphatic rings. The third-order valence-electron chi connectivity index (χ3n) is 9.19. The number of para-hydroxylation sites is 1. The molecule has 9 heteroatoms. The first-order chi connectivity index (χ1) is 20.5. The molecule has 220 valence electrons. The molecule has 2 aromatic carbocycles. The van der Waals surface area contributed by atoms with E-state index in [0.717, 1.165) is 53.0 Å². The first-order valence-corrected chi connectivity index (χ1v) is 16.5. The van der Waals surface area contributed by atoms with Crippen molar-refractivity contribution in [2.45, 2.75) is 83.2 Å². The molecule has 0 spiro atoms. The molecule has 2 aromatic rings. The van der Waals surface area contributed by atoms with E-state index in [1.807, 2.05) is 43.3 Å². The molecule has 2 atom stereocenters. The van der Waals surface area contributed by atoms with Gasteiger partial charge in [0.15, 0.2) is 5.84 Å². The second-order valence-electron chi connectivity index (χ2n) is 11.8. The third kappa shape index (κ3) is 5.81. The number of hydrogen-bond donors (Lipinski definition) is 1. The summed E-state index contributed by atoms with van der Waals surface area (Å²) in [6.07, 6.45) is 14.0. The third-order valence-corrected chi connectivity index (χ3v) is 10.3. The number of amidine groups is 2. The number of amides is 1. The summed E-state index contributed by atoms with van der Waals surface area (Å²) in [5.41, 5.74) is 2.60. The highest BCUT2D eigenvalue weighted by molar-refractivity contribution is 8.27. The van der Waals surface area contributed by atoms with Gasteiger partial charge in [0.25, 0.3) is 5.91 Å². The van der Waals surface area contributed by atoms with Gasteiger partial charge in [0.1, 0.15) is 29.1 Å². The molecular weight excluding hydrogens is 566 g/mol. The first-order valence-electron chi connectivity index (χ1n) is 15.3. The minimum Gasteiger partial charge on any atom is -0.486 e. The van der Waals surface area contributed by atoms with E-state index in [-0.39, 0.29) is 24.4 Å². The zero-order valence-corrected chi connectivity index (χ0v) is 25.8. The van der Waals surface area contributed by atoms with E-state index < -0.39 is 0 Å². The zero-order valence-electron chi connectivity index (χ0n) is 24.2. The number of benzene rings is 2. The molecule has 0 aromatic heterocycles. The predicted octanol–water partition coefficient (Wildman–Crippen LogP) is 7.86. The number of halogens is 1. The molecule has 2 fully saturated rings. The van der Waals surface area contributed by atoms with Crippen LogP contribution in [0.4, 0.5) is 5.69 Å². The van der Waals surface area contributed by atoms with Gasteiger partial charge in [0.2, 0.25) is 5.17 Å². The fourth-order valence-electron chi connectivity index (χ4n) is 7.13. The second-order valence-corrected chi connectivity index (χ2v) is 13.3. The van der Waals surface area contributed by atoms with Crippen LogP contribution in [0.1, 0.15) is 69.8 Å². The molecule has 6 rings (SSSR count). The van der Waals surface area contributed by atoms with Gasteiger partial charge in [-0.25, -0.2) is 0 Å². The number of carbonyl (C=O) groups is 1. The predicted molar refractivity (Wildman–Crippen MR) is 174 cm³/mol. The summed E-state index contributed by atoms with van der Waals surface area (Å²) in [6, 6.07) is 16.7. The summed E-state index contributed by atoms with van der Waals surface area (Å²) in [7, 11) is 0. The molecule has 1 saturated carbocycles. The number of thioether (sulfide) groups is 1. The van der Waals surface area contributed by atoms with Crippen LogP contribution in [-0.4, -0.2) is 52.2 Å². The number of hydrazone groups is 1. The molecule has 1 amide bonds. The molecule has 1 aliphatic carbocycles. The minimum absolute atomic E-state index is 0.0633. The SMILES string of the molecule is Cc1ccccc1OCC1=NN2C(=N)C(=CC3CCC[N+]3(c3cccc(Cl)c3)C3CCCCCCCC3)C(=O)N=C2S1. The van der Waals surface area contributed by atoms with E-state index in [9.17, 15) is 4.79 Å². The van der Waals surface area contributed by atoms with Gasteiger partial charge >= 0.3 is 0 Å². The van der Waals surface area contributed by atoms with Crippen molar-refractivity contribution in [2.24, 2.45) is 10.1 Å². The van der Waals surface area contributed by atoms with Crippen molar-refractivity contribution >= 4 is 51.0 Å². The molecule has 3 heterocycles. The maximum atomic E-state index is 13.4. The monoisotopic (exact) mass is 604 g/mol. The molecule has 1 N–H and O–H groups in total. The lowest BCUT2D eigenvalue weighted by Gasteiger charge is -2.46. The van der Waals surface area contributed by atoms with Gasteiger partial charge in [-0.15, -0.1) is 0 Å². The Morgan fingerprint density at radius 2 is 1.81 bits per heavy atom. The molecular formula is C33H39ClN5O2S+. The number of quaternary nitrogens is 1. The Morgan fingerprint density at radius 1 is 1.05 bits per heavy atom.